The SMILES string of the molecule is CN(CCCCCCl)C(=O)c1cc(Cl)cc([N+](=O)[O-])c1. The fourth-order valence-electron chi connectivity index (χ4n) is 1.75. The maximum absolute atomic E-state index is 12.2. The summed E-state index contributed by atoms with van der Waals surface area (Å²) in [6.07, 6.45) is 2.70. The van der Waals surface area contributed by atoms with Crippen LogP contribution < -0.4 is 0 Å². The molecule has 0 aliphatic carbocycles. The van der Waals surface area contributed by atoms with Crippen LogP contribution in [0.3, 0.4) is 0 Å². The van der Waals surface area contributed by atoms with Crippen LogP contribution in [-0.2, 0) is 0 Å². The van der Waals surface area contributed by atoms with Crippen molar-refractivity contribution in [2.24, 2.45) is 0 Å². The van der Waals surface area contributed by atoms with Gasteiger partial charge in [0.25, 0.3) is 11.6 Å². The lowest BCUT2D eigenvalue weighted by molar-refractivity contribution is -0.384. The van der Waals surface area contributed by atoms with E-state index in [9.17, 15) is 14.9 Å². The first-order valence-corrected chi connectivity index (χ1v) is 7.13. The van der Waals surface area contributed by atoms with Gasteiger partial charge in [-0.05, 0) is 18.9 Å². The first-order valence-electron chi connectivity index (χ1n) is 6.22. The lowest BCUT2D eigenvalue weighted by atomic mass is 10.1. The molecule has 0 heterocycles. The van der Waals surface area contributed by atoms with Crippen molar-refractivity contribution < 1.29 is 9.72 Å². The second-order valence-corrected chi connectivity index (χ2v) is 5.25. The minimum absolute atomic E-state index is 0.179. The molecule has 0 saturated heterocycles. The van der Waals surface area contributed by atoms with E-state index in [0.717, 1.165) is 19.3 Å². The van der Waals surface area contributed by atoms with E-state index in [-0.39, 0.29) is 22.2 Å². The predicted octanol–water partition coefficient (Wildman–Crippen LogP) is 3.73. The van der Waals surface area contributed by atoms with Gasteiger partial charge in [-0.3, -0.25) is 14.9 Å². The second kappa shape index (κ2) is 8.07. The molecule has 5 nitrogen and oxygen atoms in total. The highest BCUT2D eigenvalue weighted by atomic mass is 35.5. The molecule has 0 aromatic heterocycles. The number of hydrogen-bond acceptors (Lipinski definition) is 3. The zero-order valence-electron chi connectivity index (χ0n) is 11.1. The Bertz CT molecular complexity index is 495. The predicted molar refractivity (Wildman–Crippen MR) is 79.6 cm³/mol. The van der Waals surface area contributed by atoms with Gasteiger partial charge in [0, 0.05) is 42.2 Å². The molecule has 110 valence electrons. The summed E-state index contributed by atoms with van der Waals surface area (Å²) in [4.78, 5) is 23.9. The molecule has 1 amide bonds. The Labute approximate surface area is 127 Å². The van der Waals surface area contributed by atoms with Gasteiger partial charge in [0.15, 0.2) is 0 Å². The largest absolute Gasteiger partial charge is 0.342 e. The van der Waals surface area contributed by atoms with Crippen molar-refractivity contribution in [2.45, 2.75) is 19.3 Å². The van der Waals surface area contributed by atoms with Crippen LogP contribution in [0.2, 0.25) is 5.02 Å². The monoisotopic (exact) mass is 318 g/mol. The third kappa shape index (κ3) is 4.98. The van der Waals surface area contributed by atoms with Crippen molar-refractivity contribution in [2.75, 3.05) is 19.5 Å². The molecule has 0 aliphatic heterocycles. The third-order valence-electron chi connectivity index (χ3n) is 2.81. The number of rotatable bonds is 7. The van der Waals surface area contributed by atoms with Gasteiger partial charge in [0.1, 0.15) is 0 Å². The van der Waals surface area contributed by atoms with Gasteiger partial charge in [-0.25, -0.2) is 0 Å². The Hall–Kier alpha value is -1.33. The Kier molecular flexibility index (Phi) is 6.75. The highest BCUT2D eigenvalue weighted by Gasteiger charge is 2.16. The van der Waals surface area contributed by atoms with Crippen LogP contribution in [0.4, 0.5) is 5.69 Å². The number of nitrogens with zero attached hydrogens (tertiary/aromatic N) is 2. The number of halogens is 2. The van der Waals surface area contributed by atoms with Crippen molar-refractivity contribution in [3.8, 4) is 0 Å². The molecule has 0 N–H and O–H groups in total. The Morgan fingerprint density at radius 2 is 2.00 bits per heavy atom. The standard InChI is InChI=1S/C13H16Cl2N2O3/c1-16(6-4-2-3-5-14)13(18)10-7-11(15)9-12(8-10)17(19)20/h7-9H,2-6H2,1H3. The maximum Gasteiger partial charge on any atom is 0.271 e. The molecule has 0 atom stereocenters. The molecule has 0 radical (unpaired) electrons. The summed E-state index contributed by atoms with van der Waals surface area (Å²) in [6, 6.07) is 3.90. The number of carbonyl (C=O) groups is 1. The Balaban J connectivity index is 2.73. The van der Waals surface area contributed by atoms with E-state index in [1.165, 1.54) is 23.1 Å². The zero-order chi connectivity index (χ0) is 15.1. The fourth-order valence-corrected chi connectivity index (χ4v) is 2.16. The maximum atomic E-state index is 12.2. The highest BCUT2D eigenvalue weighted by molar-refractivity contribution is 6.31. The van der Waals surface area contributed by atoms with E-state index < -0.39 is 4.92 Å². The molecule has 0 unspecified atom stereocenters. The molecule has 0 saturated carbocycles. The average molecular weight is 319 g/mol. The summed E-state index contributed by atoms with van der Waals surface area (Å²) < 4.78 is 0. The van der Waals surface area contributed by atoms with Crippen LogP contribution in [0.15, 0.2) is 18.2 Å². The number of unbranched alkanes of at least 4 members (excludes halogenated alkanes) is 2. The van der Waals surface area contributed by atoms with Crippen molar-refractivity contribution in [1.29, 1.82) is 0 Å². The van der Waals surface area contributed by atoms with Crippen LogP contribution in [-0.4, -0.2) is 35.2 Å². The van der Waals surface area contributed by atoms with Crippen LogP contribution in [0.1, 0.15) is 29.6 Å². The number of non-ortho nitro benzene ring substituents is 1. The molecule has 0 fully saturated rings. The van der Waals surface area contributed by atoms with E-state index in [2.05, 4.69) is 0 Å². The van der Waals surface area contributed by atoms with E-state index in [1.807, 2.05) is 0 Å². The molecular formula is C13H16Cl2N2O3. The molecular weight excluding hydrogens is 303 g/mol. The summed E-state index contributed by atoms with van der Waals surface area (Å²) >= 11 is 11.4. The number of alkyl halides is 1. The van der Waals surface area contributed by atoms with Gasteiger partial charge in [0.05, 0.1) is 4.92 Å². The molecule has 0 spiro atoms. The van der Waals surface area contributed by atoms with Gasteiger partial charge >= 0.3 is 0 Å². The van der Waals surface area contributed by atoms with Crippen LogP contribution in [0.5, 0.6) is 0 Å². The summed E-state index contributed by atoms with van der Waals surface area (Å²) in [7, 11) is 1.66. The zero-order valence-corrected chi connectivity index (χ0v) is 12.7. The van der Waals surface area contributed by atoms with Gasteiger partial charge in [-0.2, -0.15) is 0 Å². The molecule has 1 aromatic rings. The first kappa shape index (κ1) is 16.7. The highest BCUT2D eigenvalue weighted by Crippen LogP contribution is 2.21. The number of nitro groups is 1. The van der Waals surface area contributed by atoms with Crippen LogP contribution >= 0.6 is 23.2 Å². The molecule has 20 heavy (non-hydrogen) atoms. The smallest absolute Gasteiger partial charge is 0.271 e. The van der Waals surface area contributed by atoms with Crippen molar-refractivity contribution >= 4 is 34.8 Å². The fraction of sp³-hybridized carbons (Fsp3) is 0.462. The van der Waals surface area contributed by atoms with Crippen molar-refractivity contribution in [1.82, 2.24) is 4.90 Å². The number of benzene rings is 1. The quantitative estimate of drug-likeness (QED) is 0.333. The number of carbonyl (C=O) groups excluding carboxylic acids is 1. The minimum Gasteiger partial charge on any atom is -0.342 e. The molecule has 1 rings (SSSR count). The number of amides is 1. The first-order chi connectivity index (χ1) is 9.45. The van der Waals surface area contributed by atoms with Gasteiger partial charge in [-0.1, -0.05) is 18.0 Å². The summed E-state index contributed by atoms with van der Waals surface area (Å²) in [5.74, 6) is 0.333. The lowest BCUT2D eigenvalue weighted by Crippen LogP contribution is -2.27. The average Bonchev–Trinajstić information content (AvgIpc) is 2.41. The summed E-state index contributed by atoms with van der Waals surface area (Å²) in [6.45, 7) is 0.579. The van der Waals surface area contributed by atoms with Crippen molar-refractivity contribution in [3.05, 3.63) is 38.9 Å². The summed E-state index contributed by atoms with van der Waals surface area (Å²) in [5.41, 5.74) is 0.0421. The molecule has 7 heteroatoms. The lowest BCUT2D eigenvalue weighted by Gasteiger charge is -2.17. The number of nitro benzene ring substituents is 1. The molecule has 0 aliphatic rings. The summed E-state index contributed by atoms with van der Waals surface area (Å²) in [5, 5.41) is 10.9. The van der Waals surface area contributed by atoms with E-state index in [4.69, 9.17) is 23.2 Å². The van der Waals surface area contributed by atoms with E-state index >= 15 is 0 Å². The molecule has 1 aromatic carbocycles. The van der Waals surface area contributed by atoms with Crippen LogP contribution in [0.25, 0.3) is 0 Å². The van der Waals surface area contributed by atoms with Gasteiger partial charge in [-0.15, -0.1) is 11.6 Å². The van der Waals surface area contributed by atoms with Gasteiger partial charge < -0.3 is 4.90 Å². The second-order valence-electron chi connectivity index (χ2n) is 4.43. The molecule has 0 bridgehead atoms. The van der Waals surface area contributed by atoms with E-state index in [1.54, 1.807) is 7.05 Å². The number of hydrogen-bond donors (Lipinski definition) is 0. The topological polar surface area (TPSA) is 63.5 Å². The van der Waals surface area contributed by atoms with E-state index in [0.29, 0.717) is 12.4 Å². The third-order valence-corrected chi connectivity index (χ3v) is 3.30. The van der Waals surface area contributed by atoms with Gasteiger partial charge in [0.2, 0.25) is 0 Å². The van der Waals surface area contributed by atoms with Crippen molar-refractivity contribution in [3.63, 3.8) is 0 Å². The minimum atomic E-state index is -0.566. The Morgan fingerprint density at radius 1 is 1.30 bits per heavy atom. The normalized spacial score (nSPS) is 10.3. The Morgan fingerprint density at radius 3 is 2.60 bits per heavy atom. The van der Waals surface area contributed by atoms with Crippen LogP contribution in [0, 0.1) is 10.1 Å².